The molecule has 0 aromatic rings. The predicted octanol–water partition coefficient (Wildman–Crippen LogP) is 3.27. The van der Waals surface area contributed by atoms with Crippen LogP contribution in [0.15, 0.2) is 0 Å². The molecule has 0 bridgehead atoms. The van der Waals surface area contributed by atoms with Crippen LogP contribution in [0, 0.1) is 17.3 Å². The quantitative estimate of drug-likeness (QED) is 0.763. The highest BCUT2D eigenvalue weighted by atomic mass is 32.2. The molecule has 0 spiro atoms. The van der Waals surface area contributed by atoms with E-state index in [0.717, 1.165) is 12.8 Å². The standard InChI is InChI=1S/C13H26O2S/c1-11(2)5-6-13(12(3)4)7-9-16(14,15)10-8-13/h11-12H,5-10H2,1-4H3. The molecule has 0 aromatic carbocycles. The van der Waals surface area contributed by atoms with Crippen LogP contribution in [-0.2, 0) is 9.84 Å². The van der Waals surface area contributed by atoms with Crippen molar-refractivity contribution in [2.75, 3.05) is 11.5 Å². The Morgan fingerprint density at radius 3 is 1.94 bits per heavy atom. The predicted molar refractivity (Wildman–Crippen MR) is 69.2 cm³/mol. The van der Waals surface area contributed by atoms with Crippen molar-refractivity contribution in [1.29, 1.82) is 0 Å². The van der Waals surface area contributed by atoms with E-state index in [2.05, 4.69) is 27.7 Å². The fourth-order valence-corrected chi connectivity index (χ4v) is 4.28. The smallest absolute Gasteiger partial charge is 0.150 e. The van der Waals surface area contributed by atoms with Crippen molar-refractivity contribution < 1.29 is 8.42 Å². The summed E-state index contributed by atoms with van der Waals surface area (Å²) in [5, 5.41) is 0. The van der Waals surface area contributed by atoms with Crippen molar-refractivity contribution in [3.05, 3.63) is 0 Å². The lowest BCUT2D eigenvalue weighted by Crippen LogP contribution is -2.37. The molecule has 0 aliphatic carbocycles. The Balaban J connectivity index is 2.69. The van der Waals surface area contributed by atoms with E-state index >= 15 is 0 Å². The number of hydrogen-bond acceptors (Lipinski definition) is 2. The molecule has 0 unspecified atom stereocenters. The van der Waals surface area contributed by atoms with E-state index in [4.69, 9.17) is 0 Å². The molecule has 1 saturated heterocycles. The average molecular weight is 246 g/mol. The Kier molecular flexibility index (Phi) is 4.44. The fraction of sp³-hybridized carbons (Fsp3) is 1.00. The molecule has 0 atom stereocenters. The van der Waals surface area contributed by atoms with Crippen molar-refractivity contribution in [3.63, 3.8) is 0 Å². The third-order valence-corrected chi connectivity index (χ3v) is 5.92. The maximum Gasteiger partial charge on any atom is 0.150 e. The highest BCUT2D eigenvalue weighted by molar-refractivity contribution is 7.91. The van der Waals surface area contributed by atoms with Gasteiger partial charge in [-0.15, -0.1) is 0 Å². The summed E-state index contributed by atoms with van der Waals surface area (Å²) in [6.45, 7) is 8.98. The van der Waals surface area contributed by atoms with Gasteiger partial charge in [-0.05, 0) is 36.5 Å². The summed E-state index contributed by atoms with van der Waals surface area (Å²) < 4.78 is 23.0. The third kappa shape index (κ3) is 3.47. The van der Waals surface area contributed by atoms with E-state index in [9.17, 15) is 8.42 Å². The average Bonchev–Trinajstić information content (AvgIpc) is 2.16. The van der Waals surface area contributed by atoms with Gasteiger partial charge in [-0.3, -0.25) is 0 Å². The normalized spacial score (nSPS) is 23.9. The largest absolute Gasteiger partial charge is 0.229 e. The molecule has 1 fully saturated rings. The van der Waals surface area contributed by atoms with Crippen LogP contribution in [0.3, 0.4) is 0 Å². The highest BCUT2D eigenvalue weighted by Crippen LogP contribution is 2.44. The minimum Gasteiger partial charge on any atom is -0.229 e. The molecule has 0 radical (unpaired) electrons. The number of hydrogen-bond donors (Lipinski definition) is 0. The van der Waals surface area contributed by atoms with Gasteiger partial charge in [0.15, 0.2) is 0 Å². The van der Waals surface area contributed by atoms with Gasteiger partial charge in [-0.25, -0.2) is 8.42 Å². The maximum absolute atomic E-state index is 11.5. The second kappa shape index (κ2) is 5.07. The summed E-state index contributed by atoms with van der Waals surface area (Å²) in [6.07, 6.45) is 4.16. The van der Waals surface area contributed by atoms with Crippen LogP contribution in [0.5, 0.6) is 0 Å². The molecule has 0 N–H and O–H groups in total. The van der Waals surface area contributed by atoms with E-state index in [1.54, 1.807) is 0 Å². The first kappa shape index (κ1) is 14.0. The van der Waals surface area contributed by atoms with Gasteiger partial charge in [0.25, 0.3) is 0 Å². The molecule has 96 valence electrons. The number of rotatable bonds is 4. The molecule has 16 heavy (non-hydrogen) atoms. The third-order valence-electron chi connectivity index (χ3n) is 4.27. The van der Waals surface area contributed by atoms with Crippen LogP contribution in [0.2, 0.25) is 0 Å². The van der Waals surface area contributed by atoms with Gasteiger partial charge in [0.2, 0.25) is 0 Å². The van der Waals surface area contributed by atoms with Crippen LogP contribution < -0.4 is 0 Å². The molecule has 0 saturated carbocycles. The van der Waals surface area contributed by atoms with Gasteiger partial charge in [0, 0.05) is 0 Å². The van der Waals surface area contributed by atoms with Crippen molar-refractivity contribution >= 4 is 9.84 Å². The second-order valence-corrected chi connectivity index (χ2v) is 8.41. The molecular weight excluding hydrogens is 220 g/mol. The van der Waals surface area contributed by atoms with E-state index in [1.165, 1.54) is 12.8 Å². The first-order valence-electron chi connectivity index (χ1n) is 6.48. The zero-order valence-corrected chi connectivity index (χ0v) is 11.9. The van der Waals surface area contributed by atoms with Gasteiger partial charge in [0.1, 0.15) is 9.84 Å². The molecular formula is C13H26O2S. The summed E-state index contributed by atoms with van der Waals surface area (Å²) in [5.41, 5.74) is 0.287. The fourth-order valence-electron chi connectivity index (χ4n) is 2.64. The van der Waals surface area contributed by atoms with Crippen LogP contribution in [0.4, 0.5) is 0 Å². The Morgan fingerprint density at radius 2 is 1.56 bits per heavy atom. The van der Waals surface area contributed by atoms with Gasteiger partial charge >= 0.3 is 0 Å². The minimum absolute atomic E-state index is 0.287. The van der Waals surface area contributed by atoms with E-state index in [0.29, 0.717) is 23.3 Å². The van der Waals surface area contributed by atoms with Crippen molar-refractivity contribution in [2.45, 2.75) is 53.4 Å². The minimum atomic E-state index is -2.73. The topological polar surface area (TPSA) is 34.1 Å². The lowest BCUT2D eigenvalue weighted by Gasteiger charge is -2.41. The summed E-state index contributed by atoms with van der Waals surface area (Å²) in [4.78, 5) is 0. The van der Waals surface area contributed by atoms with Gasteiger partial charge < -0.3 is 0 Å². The van der Waals surface area contributed by atoms with Gasteiger partial charge in [-0.2, -0.15) is 0 Å². The summed E-state index contributed by atoms with van der Waals surface area (Å²) >= 11 is 0. The molecule has 1 aliphatic heterocycles. The molecule has 1 aliphatic rings. The van der Waals surface area contributed by atoms with E-state index < -0.39 is 9.84 Å². The van der Waals surface area contributed by atoms with Crippen molar-refractivity contribution in [3.8, 4) is 0 Å². The zero-order chi connectivity index (χ0) is 12.4. The van der Waals surface area contributed by atoms with Crippen LogP contribution in [0.25, 0.3) is 0 Å². The van der Waals surface area contributed by atoms with Crippen molar-refractivity contribution in [2.24, 2.45) is 17.3 Å². The summed E-state index contributed by atoms with van der Waals surface area (Å²) in [7, 11) is -2.73. The first-order valence-corrected chi connectivity index (χ1v) is 8.30. The summed E-state index contributed by atoms with van der Waals surface area (Å²) in [6, 6.07) is 0. The van der Waals surface area contributed by atoms with Crippen LogP contribution >= 0.6 is 0 Å². The molecule has 3 heteroatoms. The van der Waals surface area contributed by atoms with E-state index in [-0.39, 0.29) is 5.41 Å². The van der Waals surface area contributed by atoms with Gasteiger partial charge in [-0.1, -0.05) is 34.1 Å². The van der Waals surface area contributed by atoms with Crippen LogP contribution in [-0.4, -0.2) is 19.9 Å². The zero-order valence-electron chi connectivity index (χ0n) is 11.1. The Morgan fingerprint density at radius 1 is 1.06 bits per heavy atom. The molecule has 1 rings (SSSR count). The number of sulfone groups is 1. The second-order valence-electron chi connectivity index (χ2n) is 6.10. The lowest BCUT2D eigenvalue weighted by molar-refractivity contribution is 0.139. The van der Waals surface area contributed by atoms with Crippen molar-refractivity contribution in [1.82, 2.24) is 0 Å². The van der Waals surface area contributed by atoms with Crippen LogP contribution in [0.1, 0.15) is 53.4 Å². The molecule has 0 aromatic heterocycles. The lowest BCUT2D eigenvalue weighted by atomic mass is 9.69. The molecule has 0 amide bonds. The highest BCUT2D eigenvalue weighted by Gasteiger charge is 2.39. The SMILES string of the molecule is CC(C)CCC1(C(C)C)CCS(=O)(=O)CC1. The van der Waals surface area contributed by atoms with Gasteiger partial charge in [0.05, 0.1) is 11.5 Å². The molecule has 1 heterocycles. The molecule has 2 nitrogen and oxygen atoms in total. The Labute approximate surface area is 101 Å². The van der Waals surface area contributed by atoms with E-state index in [1.807, 2.05) is 0 Å². The monoisotopic (exact) mass is 246 g/mol. The maximum atomic E-state index is 11.5. The Hall–Kier alpha value is -0.0500. The summed E-state index contributed by atoms with van der Waals surface area (Å²) in [5.74, 6) is 2.13. The Bertz CT molecular complexity index is 301. The first-order chi connectivity index (χ1) is 7.27.